The number of halogens is 1. The van der Waals surface area contributed by atoms with Gasteiger partial charge in [-0.15, -0.1) is 11.3 Å². The molecule has 0 atom stereocenters. The van der Waals surface area contributed by atoms with Crippen LogP contribution in [0.15, 0.2) is 24.5 Å². The van der Waals surface area contributed by atoms with Crippen molar-refractivity contribution in [3.8, 4) is 0 Å². The number of aromatic nitrogens is 1. The maximum Gasteiger partial charge on any atom is 0.262 e. The first kappa shape index (κ1) is 7.71. The highest BCUT2D eigenvalue weighted by Crippen LogP contribution is 2.25. The Morgan fingerprint density at radius 3 is 3.08 bits per heavy atom. The lowest BCUT2D eigenvalue weighted by Gasteiger charge is -1.81. The third-order valence-electron chi connectivity index (χ3n) is 1.52. The molecule has 0 amide bonds. The average Bonchev–Trinajstić information content (AvgIpc) is 2.46. The van der Waals surface area contributed by atoms with E-state index in [0.717, 1.165) is 10.1 Å². The van der Waals surface area contributed by atoms with Crippen molar-refractivity contribution in [2.24, 2.45) is 0 Å². The van der Waals surface area contributed by atoms with Crippen molar-refractivity contribution in [3.63, 3.8) is 0 Å². The second kappa shape index (κ2) is 2.84. The molecule has 12 heavy (non-hydrogen) atoms. The Bertz CT molecular complexity index is 404. The van der Waals surface area contributed by atoms with Crippen LogP contribution in [0, 0.1) is 0 Å². The maximum atomic E-state index is 10.8. The molecule has 0 fully saturated rings. The van der Waals surface area contributed by atoms with E-state index in [1.807, 2.05) is 6.07 Å². The summed E-state index contributed by atoms with van der Waals surface area (Å²) in [6, 6.07) is 3.63. The van der Waals surface area contributed by atoms with Crippen LogP contribution in [-0.2, 0) is 0 Å². The largest absolute Gasteiger partial charge is 0.275 e. The molecule has 2 aromatic heterocycles. The van der Waals surface area contributed by atoms with E-state index in [0.29, 0.717) is 4.88 Å². The Labute approximate surface area is 77.8 Å². The van der Waals surface area contributed by atoms with Crippen LogP contribution in [0.4, 0.5) is 0 Å². The molecule has 0 unspecified atom stereocenters. The number of carbonyl (C=O) groups excluding carboxylic acids is 1. The summed E-state index contributed by atoms with van der Waals surface area (Å²) in [6.45, 7) is 0. The summed E-state index contributed by atoms with van der Waals surface area (Å²) in [7, 11) is 0. The molecule has 0 N–H and O–H groups in total. The Balaban J connectivity index is 2.70. The SMILES string of the molecule is O=C(Cl)c1cc2ccncc2s1. The molecule has 2 aromatic rings. The van der Waals surface area contributed by atoms with Crippen LogP contribution in [-0.4, -0.2) is 10.2 Å². The summed E-state index contributed by atoms with van der Waals surface area (Å²) in [5, 5.41) is 0.607. The highest BCUT2D eigenvalue weighted by molar-refractivity contribution is 7.22. The average molecular weight is 198 g/mol. The van der Waals surface area contributed by atoms with E-state index < -0.39 is 5.24 Å². The predicted molar refractivity (Wildman–Crippen MR) is 49.8 cm³/mol. The van der Waals surface area contributed by atoms with Crippen molar-refractivity contribution in [2.45, 2.75) is 0 Å². The molecule has 0 bridgehead atoms. The zero-order valence-electron chi connectivity index (χ0n) is 5.95. The van der Waals surface area contributed by atoms with Gasteiger partial charge >= 0.3 is 0 Å². The Morgan fingerprint density at radius 2 is 2.42 bits per heavy atom. The van der Waals surface area contributed by atoms with Gasteiger partial charge in [0.05, 0.1) is 9.58 Å². The van der Waals surface area contributed by atoms with Gasteiger partial charge < -0.3 is 0 Å². The lowest BCUT2D eigenvalue weighted by atomic mass is 10.3. The van der Waals surface area contributed by atoms with Gasteiger partial charge in [0.1, 0.15) is 0 Å². The molecular formula is C8H4ClNOS. The molecule has 0 aliphatic heterocycles. The minimum absolute atomic E-state index is 0.406. The van der Waals surface area contributed by atoms with E-state index >= 15 is 0 Å². The monoisotopic (exact) mass is 197 g/mol. The number of pyridine rings is 1. The first-order valence-corrected chi connectivity index (χ1v) is 4.50. The number of thiophene rings is 1. The van der Waals surface area contributed by atoms with Gasteiger partial charge in [-0.3, -0.25) is 9.78 Å². The van der Waals surface area contributed by atoms with E-state index in [9.17, 15) is 4.79 Å². The summed E-state index contributed by atoms with van der Waals surface area (Å²) in [6.07, 6.45) is 3.42. The second-order valence-corrected chi connectivity index (χ2v) is 3.72. The number of rotatable bonds is 1. The normalized spacial score (nSPS) is 10.4. The number of nitrogens with zero attached hydrogens (tertiary/aromatic N) is 1. The van der Waals surface area contributed by atoms with Crippen molar-refractivity contribution < 1.29 is 4.79 Å². The summed E-state index contributed by atoms with van der Waals surface area (Å²) >= 11 is 6.69. The lowest BCUT2D eigenvalue weighted by molar-refractivity contribution is 0.108. The third kappa shape index (κ3) is 1.21. The molecule has 2 heterocycles. The highest BCUT2D eigenvalue weighted by atomic mass is 35.5. The van der Waals surface area contributed by atoms with Crippen LogP contribution < -0.4 is 0 Å². The van der Waals surface area contributed by atoms with Crippen LogP contribution >= 0.6 is 22.9 Å². The molecule has 0 aliphatic rings. The topological polar surface area (TPSA) is 30.0 Å². The van der Waals surface area contributed by atoms with Crippen LogP contribution in [0.5, 0.6) is 0 Å². The molecular weight excluding hydrogens is 194 g/mol. The first-order valence-electron chi connectivity index (χ1n) is 3.31. The molecule has 2 nitrogen and oxygen atoms in total. The molecule has 4 heteroatoms. The molecule has 2 rings (SSSR count). The maximum absolute atomic E-state index is 10.8. The van der Waals surface area contributed by atoms with Gasteiger partial charge in [-0.05, 0) is 29.1 Å². The number of hydrogen-bond donors (Lipinski definition) is 0. The van der Waals surface area contributed by atoms with Gasteiger partial charge in [0.15, 0.2) is 0 Å². The highest BCUT2D eigenvalue weighted by Gasteiger charge is 2.06. The van der Waals surface area contributed by atoms with Crippen LogP contribution in [0.2, 0.25) is 0 Å². The van der Waals surface area contributed by atoms with Crippen LogP contribution in [0.25, 0.3) is 10.1 Å². The van der Waals surface area contributed by atoms with Crippen LogP contribution in [0.1, 0.15) is 9.67 Å². The number of fused-ring (bicyclic) bond motifs is 1. The molecule has 60 valence electrons. The number of hydrogen-bond acceptors (Lipinski definition) is 3. The van der Waals surface area contributed by atoms with E-state index in [4.69, 9.17) is 11.6 Å². The molecule has 0 aromatic carbocycles. The van der Waals surface area contributed by atoms with Crippen molar-refractivity contribution in [1.82, 2.24) is 4.98 Å². The minimum Gasteiger partial charge on any atom is -0.275 e. The molecule has 0 saturated carbocycles. The number of carbonyl (C=O) groups is 1. The fourth-order valence-electron chi connectivity index (χ4n) is 0.981. The molecule has 0 spiro atoms. The van der Waals surface area contributed by atoms with Gasteiger partial charge in [-0.2, -0.15) is 0 Å². The summed E-state index contributed by atoms with van der Waals surface area (Å²) in [4.78, 5) is 15.3. The van der Waals surface area contributed by atoms with Crippen LogP contribution in [0.3, 0.4) is 0 Å². The van der Waals surface area contributed by atoms with E-state index in [2.05, 4.69) is 4.98 Å². The van der Waals surface area contributed by atoms with E-state index in [1.165, 1.54) is 11.3 Å². The van der Waals surface area contributed by atoms with Gasteiger partial charge in [0.25, 0.3) is 5.24 Å². The first-order chi connectivity index (χ1) is 5.77. The Hall–Kier alpha value is -0.930. The molecule has 0 radical (unpaired) electrons. The smallest absolute Gasteiger partial charge is 0.262 e. The zero-order chi connectivity index (χ0) is 8.55. The summed E-state index contributed by atoms with van der Waals surface area (Å²) in [5.74, 6) is 0. The van der Waals surface area contributed by atoms with Crippen molar-refractivity contribution >= 4 is 38.3 Å². The quantitative estimate of drug-likeness (QED) is 0.658. The lowest BCUT2D eigenvalue weighted by Crippen LogP contribution is -1.78. The molecule has 0 aliphatic carbocycles. The summed E-state index contributed by atoms with van der Waals surface area (Å²) < 4.78 is 0.988. The van der Waals surface area contributed by atoms with Crippen molar-refractivity contribution in [3.05, 3.63) is 29.4 Å². The fraction of sp³-hybridized carbons (Fsp3) is 0. The van der Waals surface area contributed by atoms with E-state index in [1.54, 1.807) is 18.5 Å². The Morgan fingerprint density at radius 1 is 1.58 bits per heavy atom. The van der Waals surface area contributed by atoms with E-state index in [-0.39, 0.29) is 0 Å². The van der Waals surface area contributed by atoms with Crippen molar-refractivity contribution in [1.29, 1.82) is 0 Å². The fourth-order valence-corrected chi connectivity index (χ4v) is 2.01. The predicted octanol–water partition coefficient (Wildman–Crippen LogP) is 2.68. The zero-order valence-corrected chi connectivity index (χ0v) is 7.52. The second-order valence-electron chi connectivity index (χ2n) is 2.30. The molecule has 0 saturated heterocycles. The van der Waals surface area contributed by atoms with Gasteiger partial charge in [0, 0.05) is 12.4 Å². The van der Waals surface area contributed by atoms with Gasteiger partial charge in [0.2, 0.25) is 0 Å². The third-order valence-corrected chi connectivity index (χ3v) is 2.92. The summed E-state index contributed by atoms with van der Waals surface area (Å²) in [5.41, 5.74) is 0. The Kier molecular flexibility index (Phi) is 1.83. The van der Waals surface area contributed by atoms with Gasteiger partial charge in [-0.1, -0.05) is 0 Å². The van der Waals surface area contributed by atoms with Gasteiger partial charge in [-0.25, -0.2) is 0 Å². The minimum atomic E-state index is -0.406. The standard InChI is InChI=1S/C8H4ClNOS/c9-8(11)6-3-5-1-2-10-4-7(5)12-6/h1-4H. The van der Waals surface area contributed by atoms with Crippen molar-refractivity contribution in [2.75, 3.05) is 0 Å².